The van der Waals surface area contributed by atoms with E-state index < -0.39 is 5.97 Å². The van der Waals surface area contributed by atoms with Crippen molar-refractivity contribution >= 4 is 23.3 Å². The van der Waals surface area contributed by atoms with Gasteiger partial charge >= 0.3 is 12.0 Å². The number of methoxy groups -OCH3 is 1. The van der Waals surface area contributed by atoms with Crippen LogP contribution in [0.1, 0.15) is 34.9 Å². The number of carbonyl (C=O) groups excluding carboxylic acids is 1. The Morgan fingerprint density at radius 2 is 2.30 bits per heavy atom. The van der Waals surface area contributed by atoms with Crippen molar-refractivity contribution in [2.24, 2.45) is 0 Å². The summed E-state index contributed by atoms with van der Waals surface area (Å²) in [6, 6.07) is -0.550. The fraction of sp³-hybridized carbons (Fsp3) is 0.583. The first-order chi connectivity index (χ1) is 9.45. The van der Waals surface area contributed by atoms with Gasteiger partial charge in [-0.05, 0) is 13.3 Å². The van der Waals surface area contributed by atoms with Crippen LogP contribution in [-0.4, -0.2) is 54.3 Å². The summed E-state index contributed by atoms with van der Waals surface area (Å²) in [5, 5.41) is 13.6. The maximum Gasteiger partial charge on any atom is 0.355 e. The second-order valence-corrected chi connectivity index (χ2v) is 5.20. The van der Waals surface area contributed by atoms with E-state index in [-0.39, 0.29) is 17.8 Å². The van der Waals surface area contributed by atoms with Crippen LogP contribution in [0.4, 0.5) is 4.79 Å². The number of rotatable bonds is 7. The highest BCUT2D eigenvalue weighted by Crippen LogP contribution is 2.18. The normalized spacial score (nSPS) is 11.9. The second-order valence-electron chi connectivity index (χ2n) is 4.32. The molecule has 1 atom stereocenters. The van der Waals surface area contributed by atoms with Gasteiger partial charge in [-0.15, -0.1) is 11.3 Å². The fourth-order valence-corrected chi connectivity index (χ4v) is 2.29. The van der Waals surface area contributed by atoms with Gasteiger partial charge in [-0.3, -0.25) is 0 Å². The van der Waals surface area contributed by atoms with Gasteiger partial charge in [0.05, 0.1) is 6.04 Å². The summed E-state index contributed by atoms with van der Waals surface area (Å²) < 4.78 is 4.93. The third kappa shape index (κ3) is 4.78. The zero-order valence-corrected chi connectivity index (χ0v) is 12.6. The summed E-state index contributed by atoms with van der Waals surface area (Å²) in [5.41, 5.74) is -0.000418. The molecule has 1 aromatic heterocycles. The van der Waals surface area contributed by atoms with E-state index in [2.05, 4.69) is 10.3 Å². The molecule has 8 heteroatoms. The minimum Gasteiger partial charge on any atom is -0.476 e. The summed E-state index contributed by atoms with van der Waals surface area (Å²) in [5.74, 6) is -1.07. The van der Waals surface area contributed by atoms with Gasteiger partial charge in [0.25, 0.3) is 0 Å². The Kier molecular flexibility index (Phi) is 6.40. The Labute approximate surface area is 121 Å². The number of thiazole rings is 1. The van der Waals surface area contributed by atoms with Crippen LogP contribution in [0.15, 0.2) is 5.38 Å². The maximum absolute atomic E-state index is 11.9. The first-order valence-electron chi connectivity index (χ1n) is 6.15. The zero-order valence-electron chi connectivity index (χ0n) is 11.8. The molecule has 1 aromatic rings. The summed E-state index contributed by atoms with van der Waals surface area (Å²) in [7, 11) is 3.31. The minimum atomic E-state index is -1.07. The molecule has 0 radical (unpaired) electrons. The van der Waals surface area contributed by atoms with Crippen molar-refractivity contribution in [2.45, 2.75) is 19.4 Å². The molecule has 2 amide bonds. The molecule has 0 aliphatic heterocycles. The summed E-state index contributed by atoms with van der Waals surface area (Å²) in [6.45, 7) is 2.96. The number of urea groups is 1. The summed E-state index contributed by atoms with van der Waals surface area (Å²) >= 11 is 1.22. The number of carbonyl (C=O) groups is 2. The Morgan fingerprint density at radius 3 is 2.85 bits per heavy atom. The number of hydrogen-bond acceptors (Lipinski definition) is 5. The monoisotopic (exact) mass is 301 g/mol. The number of hydrogen-bond donors (Lipinski definition) is 2. The predicted octanol–water partition coefficient (Wildman–Crippen LogP) is 1.58. The van der Waals surface area contributed by atoms with Gasteiger partial charge in [0.1, 0.15) is 5.01 Å². The van der Waals surface area contributed by atoms with E-state index in [0.717, 1.165) is 6.42 Å². The Hall–Kier alpha value is -1.67. The number of nitrogens with one attached hydrogen (secondary N) is 1. The van der Waals surface area contributed by atoms with Gasteiger partial charge in [-0.25, -0.2) is 14.6 Å². The molecule has 0 spiro atoms. The molecule has 0 fully saturated rings. The van der Waals surface area contributed by atoms with Crippen LogP contribution in [-0.2, 0) is 4.74 Å². The summed E-state index contributed by atoms with van der Waals surface area (Å²) in [6.07, 6.45) is 0.759. The average molecular weight is 301 g/mol. The topological polar surface area (TPSA) is 91.8 Å². The smallest absolute Gasteiger partial charge is 0.355 e. The molecule has 0 saturated carbocycles. The largest absolute Gasteiger partial charge is 0.476 e. The Morgan fingerprint density at radius 1 is 1.60 bits per heavy atom. The van der Waals surface area contributed by atoms with Crippen LogP contribution in [0, 0.1) is 0 Å². The van der Waals surface area contributed by atoms with Gasteiger partial charge < -0.3 is 20.1 Å². The molecule has 112 valence electrons. The first kappa shape index (κ1) is 16.4. The summed E-state index contributed by atoms with van der Waals surface area (Å²) in [4.78, 5) is 28.2. The highest BCUT2D eigenvalue weighted by molar-refractivity contribution is 7.09. The van der Waals surface area contributed by atoms with Crippen LogP contribution >= 0.6 is 11.3 Å². The van der Waals surface area contributed by atoms with Crippen LogP contribution in [0.25, 0.3) is 0 Å². The van der Waals surface area contributed by atoms with Crippen LogP contribution in [0.5, 0.6) is 0 Å². The molecule has 0 saturated heterocycles. The fourth-order valence-electron chi connectivity index (χ4n) is 1.49. The van der Waals surface area contributed by atoms with E-state index in [1.807, 2.05) is 0 Å². The Balaban J connectivity index is 2.49. The van der Waals surface area contributed by atoms with Crippen molar-refractivity contribution < 1.29 is 19.4 Å². The predicted molar refractivity (Wildman–Crippen MR) is 75.1 cm³/mol. The van der Waals surface area contributed by atoms with Crippen LogP contribution in [0.3, 0.4) is 0 Å². The molecule has 2 N–H and O–H groups in total. The number of amides is 2. The molecule has 1 heterocycles. The van der Waals surface area contributed by atoms with Crippen molar-refractivity contribution in [3.05, 3.63) is 16.1 Å². The van der Waals surface area contributed by atoms with E-state index in [1.165, 1.54) is 16.7 Å². The van der Waals surface area contributed by atoms with Gasteiger partial charge in [0, 0.05) is 32.7 Å². The average Bonchev–Trinajstić information content (AvgIpc) is 2.88. The van der Waals surface area contributed by atoms with Gasteiger partial charge in [0.15, 0.2) is 5.69 Å². The lowest BCUT2D eigenvalue weighted by Crippen LogP contribution is -2.39. The number of ether oxygens (including phenoxy) is 1. The van der Waals surface area contributed by atoms with E-state index >= 15 is 0 Å². The van der Waals surface area contributed by atoms with Gasteiger partial charge in [-0.2, -0.15) is 0 Å². The molecule has 0 aromatic carbocycles. The van der Waals surface area contributed by atoms with Crippen molar-refractivity contribution in [2.75, 3.05) is 27.3 Å². The SMILES string of the molecule is COCCCN(C)C(=O)NC(C)c1nc(C(=O)O)cs1. The van der Waals surface area contributed by atoms with Gasteiger partial charge in [-0.1, -0.05) is 0 Å². The second kappa shape index (κ2) is 7.81. The highest BCUT2D eigenvalue weighted by atomic mass is 32.1. The van der Waals surface area contributed by atoms with Crippen molar-refractivity contribution in [3.8, 4) is 0 Å². The maximum atomic E-state index is 11.9. The first-order valence-corrected chi connectivity index (χ1v) is 7.03. The lowest BCUT2D eigenvalue weighted by atomic mass is 10.3. The lowest BCUT2D eigenvalue weighted by molar-refractivity contribution is 0.0691. The standard InChI is InChI=1S/C12H19N3O4S/c1-8(10-14-9(7-20-10)11(16)17)13-12(18)15(2)5-4-6-19-3/h7-8H,4-6H2,1-3H3,(H,13,18)(H,16,17). The quantitative estimate of drug-likeness (QED) is 0.746. The molecule has 1 unspecified atom stereocenters. The number of nitrogens with zero attached hydrogens (tertiary/aromatic N) is 2. The number of aromatic carboxylic acids is 1. The molecule has 0 bridgehead atoms. The molecular weight excluding hydrogens is 282 g/mol. The van der Waals surface area contributed by atoms with E-state index in [9.17, 15) is 9.59 Å². The third-order valence-corrected chi connectivity index (χ3v) is 3.67. The minimum absolute atomic E-state index is 0.000418. The van der Waals surface area contributed by atoms with Crippen molar-refractivity contribution in [1.82, 2.24) is 15.2 Å². The van der Waals surface area contributed by atoms with Crippen LogP contribution < -0.4 is 5.32 Å². The highest BCUT2D eigenvalue weighted by Gasteiger charge is 2.17. The van der Waals surface area contributed by atoms with E-state index in [1.54, 1.807) is 26.0 Å². The molecular formula is C12H19N3O4S. The van der Waals surface area contributed by atoms with Crippen molar-refractivity contribution in [3.63, 3.8) is 0 Å². The number of aromatic nitrogens is 1. The van der Waals surface area contributed by atoms with E-state index in [0.29, 0.717) is 18.2 Å². The number of carboxylic acids is 1. The van der Waals surface area contributed by atoms with Gasteiger partial charge in [0.2, 0.25) is 0 Å². The third-order valence-electron chi connectivity index (χ3n) is 2.64. The van der Waals surface area contributed by atoms with E-state index in [4.69, 9.17) is 9.84 Å². The lowest BCUT2D eigenvalue weighted by Gasteiger charge is -2.20. The van der Waals surface area contributed by atoms with Crippen molar-refractivity contribution in [1.29, 1.82) is 0 Å². The molecule has 1 rings (SSSR count). The van der Waals surface area contributed by atoms with Crippen LogP contribution in [0.2, 0.25) is 0 Å². The molecule has 20 heavy (non-hydrogen) atoms. The Bertz CT molecular complexity index is 463. The molecule has 7 nitrogen and oxygen atoms in total. The molecule has 0 aliphatic carbocycles. The molecule has 0 aliphatic rings. The zero-order chi connectivity index (χ0) is 15.1. The number of carboxylic acid groups (broad SMARTS) is 1.